The zero-order valence-electron chi connectivity index (χ0n) is 18.0. The maximum atomic E-state index is 12.4. The Labute approximate surface area is 183 Å². The molecule has 1 saturated heterocycles. The van der Waals surface area contributed by atoms with E-state index in [2.05, 4.69) is 15.1 Å². The highest BCUT2D eigenvalue weighted by Gasteiger charge is 2.20. The van der Waals surface area contributed by atoms with Crippen molar-refractivity contribution < 1.29 is 18.0 Å². The Hall–Kier alpha value is -2.75. The van der Waals surface area contributed by atoms with Gasteiger partial charge in [0.2, 0.25) is 15.9 Å². The molecule has 3 rings (SSSR count). The van der Waals surface area contributed by atoms with Gasteiger partial charge in [-0.25, -0.2) is 12.7 Å². The molecule has 1 amide bonds. The number of amides is 1. The number of benzene rings is 2. The predicted octanol–water partition coefficient (Wildman–Crippen LogP) is 1.90. The van der Waals surface area contributed by atoms with E-state index in [1.54, 1.807) is 19.1 Å². The van der Waals surface area contributed by atoms with Crippen LogP contribution in [0.1, 0.15) is 17.3 Å². The monoisotopic (exact) mass is 444 g/mol. The van der Waals surface area contributed by atoms with Crippen molar-refractivity contribution in [1.82, 2.24) is 9.21 Å². The lowest BCUT2D eigenvalue weighted by Crippen LogP contribution is -2.48. The van der Waals surface area contributed by atoms with Gasteiger partial charge in [0, 0.05) is 57.2 Å². The largest absolute Gasteiger partial charge is 0.369 e. The highest BCUT2D eigenvalue weighted by molar-refractivity contribution is 7.89. The lowest BCUT2D eigenvalue weighted by atomic mass is 10.1. The molecule has 0 atom stereocenters. The van der Waals surface area contributed by atoms with Gasteiger partial charge >= 0.3 is 0 Å². The standard InChI is InChI=1S/C22H28N4O4S/c1-17(27)18-4-8-20(9-5-18)26-14-12-25(13-15-26)16-22(28)23-19-6-10-21(11-7-19)31(29,30)24(2)3/h4-11H,12-16H2,1-3H3,(H,23,28). The van der Waals surface area contributed by atoms with Gasteiger partial charge in [0.15, 0.2) is 5.78 Å². The van der Waals surface area contributed by atoms with Gasteiger partial charge in [-0.15, -0.1) is 0 Å². The SMILES string of the molecule is CC(=O)c1ccc(N2CCN(CC(=O)Nc3ccc(S(=O)(=O)N(C)C)cc3)CC2)cc1. The van der Waals surface area contributed by atoms with Crippen LogP contribution < -0.4 is 10.2 Å². The van der Waals surface area contributed by atoms with Crippen molar-refractivity contribution in [2.75, 3.05) is 57.0 Å². The van der Waals surface area contributed by atoms with Gasteiger partial charge < -0.3 is 10.2 Å². The molecule has 2 aromatic carbocycles. The first-order valence-electron chi connectivity index (χ1n) is 10.1. The Balaban J connectivity index is 1.49. The topological polar surface area (TPSA) is 90.0 Å². The van der Waals surface area contributed by atoms with Crippen LogP contribution in [0.5, 0.6) is 0 Å². The minimum absolute atomic E-state index is 0.0522. The second-order valence-electron chi connectivity index (χ2n) is 7.73. The maximum absolute atomic E-state index is 12.4. The number of Topliss-reactive ketones (excluding diaryl/α,β-unsaturated/α-hetero) is 1. The number of rotatable bonds is 7. The average Bonchev–Trinajstić information content (AvgIpc) is 2.74. The lowest BCUT2D eigenvalue weighted by Gasteiger charge is -2.35. The van der Waals surface area contributed by atoms with Crippen LogP contribution in [0.3, 0.4) is 0 Å². The van der Waals surface area contributed by atoms with Gasteiger partial charge in [-0.2, -0.15) is 0 Å². The highest BCUT2D eigenvalue weighted by Crippen LogP contribution is 2.19. The van der Waals surface area contributed by atoms with Crippen molar-refractivity contribution in [2.45, 2.75) is 11.8 Å². The Morgan fingerprint density at radius 3 is 2.03 bits per heavy atom. The summed E-state index contributed by atoms with van der Waals surface area (Å²) >= 11 is 0. The fourth-order valence-corrected chi connectivity index (χ4v) is 4.30. The third kappa shape index (κ3) is 5.69. The number of carbonyl (C=O) groups is 2. The van der Waals surface area contributed by atoms with Gasteiger partial charge in [-0.3, -0.25) is 14.5 Å². The lowest BCUT2D eigenvalue weighted by molar-refractivity contribution is -0.117. The van der Waals surface area contributed by atoms with Crippen LogP contribution in [-0.2, 0) is 14.8 Å². The van der Waals surface area contributed by atoms with Crippen molar-refractivity contribution in [2.24, 2.45) is 0 Å². The summed E-state index contributed by atoms with van der Waals surface area (Å²) in [5.74, 6) is -0.0844. The van der Waals surface area contributed by atoms with Crippen LogP contribution in [0.4, 0.5) is 11.4 Å². The van der Waals surface area contributed by atoms with E-state index >= 15 is 0 Å². The van der Waals surface area contributed by atoms with Crippen molar-refractivity contribution in [3.8, 4) is 0 Å². The number of hydrogen-bond donors (Lipinski definition) is 1. The first-order valence-corrected chi connectivity index (χ1v) is 11.5. The number of piperazine rings is 1. The van der Waals surface area contributed by atoms with Gasteiger partial charge in [0.25, 0.3) is 0 Å². The number of carbonyl (C=O) groups excluding carboxylic acids is 2. The summed E-state index contributed by atoms with van der Waals surface area (Å²) in [7, 11) is -0.532. The molecular formula is C22H28N4O4S. The Morgan fingerprint density at radius 2 is 1.52 bits per heavy atom. The summed E-state index contributed by atoms with van der Waals surface area (Å²) in [6.45, 7) is 4.92. The van der Waals surface area contributed by atoms with Crippen LogP contribution in [0.25, 0.3) is 0 Å². The molecule has 0 aromatic heterocycles. The first kappa shape index (κ1) is 22.9. The van der Waals surface area contributed by atoms with Crippen molar-refractivity contribution in [3.63, 3.8) is 0 Å². The fourth-order valence-electron chi connectivity index (χ4n) is 3.40. The van der Waals surface area contributed by atoms with Crippen LogP contribution in [-0.4, -0.2) is 76.1 Å². The van der Waals surface area contributed by atoms with E-state index in [9.17, 15) is 18.0 Å². The van der Waals surface area contributed by atoms with Gasteiger partial charge in [0.1, 0.15) is 0 Å². The quantitative estimate of drug-likeness (QED) is 0.656. The Morgan fingerprint density at radius 1 is 0.935 bits per heavy atom. The summed E-state index contributed by atoms with van der Waals surface area (Å²) < 4.78 is 25.4. The van der Waals surface area contributed by atoms with Crippen LogP contribution in [0, 0.1) is 0 Å². The third-order valence-corrected chi connectivity index (χ3v) is 7.12. The average molecular weight is 445 g/mol. The molecule has 0 unspecified atom stereocenters. The van der Waals surface area contributed by atoms with Gasteiger partial charge in [-0.05, 0) is 55.5 Å². The molecule has 31 heavy (non-hydrogen) atoms. The number of nitrogens with one attached hydrogen (secondary N) is 1. The second kappa shape index (κ2) is 9.59. The predicted molar refractivity (Wildman–Crippen MR) is 121 cm³/mol. The maximum Gasteiger partial charge on any atom is 0.242 e. The first-order chi connectivity index (χ1) is 14.7. The zero-order valence-corrected chi connectivity index (χ0v) is 18.9. The van der Waals surface area contributed by atoms with E-state index in [1.165, 1.54) is 26.2 Å². The van der Waals surface area contributed by atoms with Crippen LogP contribution >= 0.6 is 0 Å². The van der Waals surface area contributed by atoms with E-state index in [4.69, 9.17) is 0 Å². The number of nitrogens with zero attached hydrogens (tertiary/aromatic N) is 3. The molecule has 1 aliphatic heterocycles. The summed E-state index contributed by atoms with van der Waals surface area (Å²) in [6, 6.07) is 13.8. The molecule has 2 aromatic rings. The molecule has 1 fully saturated rings. The van der Waals surface area contributed by atoms with E-state index in [1.807, 2.05) is 24.3 Å². The normalized spacial score (nSPS) is 15.2. The number of anilines is 2. The molecule has 9 heteroatoms. The van der Waals surface area contributed by atoms with Gasteiger partial charge in [-0.1, -0.05) is 0 Å². The second-order valence-corrected chi connectivity index (χ2v) is 9.88. The Kier molecular flexibility index (Phi) is 7.09. The molecule has 1 heterocycles. The summed E-state index contributed by atoms with van der Waals surface area (Å²) in [4.78, 5) is 28.3. The van der Waals surface area contributed by atoms with E-state index < -0.39 is 10.0 Å². The minimum Gasteiger partial charge on any atom is -0.369 e. The van der Waals surface area contributed by atoms with Crippen molar-refractivity contribution >= 4 is 33.1 Å². The van der Waals surface area contributed by atoms with E-state index in [-0.39, 0.29) is 23.1 Å². The van der Waals surface area contributed by atoms with Gasteiger partial charge in [0.05, 0.1) is 11.4 Å². The summed E-state index contributed by atoms with van der Waals surface area (Å²) in [5.41, 5.74) is 2.33. The molecule has 0 bridgehead atoms. The minimum atomic E-state index is -3.49. The molecule has 0 aliphatic carbocycles. The highest BCUT2D eigenvalue weighted by atomic mass is 32.2. The van der Waals surface area contributed by atoms with Crippen LogP contribution in [0.2, 0.25) is 0 Å². The molecule has 166 valence electrons. The molecule has 1 N–H and O–H groups in total. The Bertz CT molecular complexity index is 1030. The smallest absolute Gasteiger partial charge is 0.242 e. The number of hydrogen-bond acceptors (Lipinski definition) is 6. The number of sulfonamides is 1. The summed E-state index contributed by atoms with van der Waals surface area (Å²) in [6.07, 6.45) is 0. The van der Waals surface area contributed by atoms with Crippen molar-refractivity contribution in [3.05, 3.63) is 54.1 Å². The van der Waals surface area contributed by atoms with Crippen molar-refractivity contribution in [1.29, 1.82) is 0 Å². The zero-order chi connectivity index (χ0) is 22.6. The van der Waals surface area contributed by atoms with Crippen LogP contribution in [0.15, 0.2) is 53.4 Å². The molecule has 0 radical (unpaired) electrons. The number of ketones is 1. The molecular weight excluding hydrogens is 416 g/mol. The molecule has 8 nitrogen and oxygen atoms in total. The fraction of sp³-hybridized carbons (Fsp3) is 0.364. The molecule has 0 spiro atoms. The summed E-state index contributed by atoms with van der Waals surface area (Å²) in [5, 5.41) is 2.82. The van der Waals surface area contributed by atoms with E-state index in [0.717, 1.165) is 36.2 Å². The molecule has 0 saturated carbocycles. The van der Waals surface area contributed by atoms with E-state index in [0.29, 0.717) is 11.3 Å². The molecule has 1 aliphatic rings. The third-order valence-electron chi connectivity index (χ3n) is 5.30.